The maximum absolute atomic E-state index is 14.1. The van der Waals surface area contributed by atoms with Gasteiger partial charge in [0.1, 0.15) is 12.1 Å². The Morgan fingerprint density at radius 1 is 1.32 bits per heavy atom. The number of carbonyl (C=O) groups is 1. The summed E-state index contributed by atoms with van der Waals surface area (Å²) in [5.74, 6) is -0.860. The molecule has 1 aromatic carbocycles. The van der Waals surface area contributed by atoms with Crippen molar-refractivity contribution in [1.29, 1.82) is 0 Å². The predicted octanol–water partition coefficient (Wildman–Crippen LogP) is 2.82. The van der Waals surface area contributed by atoms with E-state index in [4.69, 9.17) is 5.73 Å². The van der Waals surface area contributed by atoms with Gasteiger partial charge in [-0.1, -0.05) is 6.07 Å². The number of hydrogen-bond donors (Lipinski definition) is 1. The van der Waals surface area contributed by atoms with Gasteiger partial charge in [0.25, 0.3) is 0 Å². The zero-order valence-corrected chi connectivity index (χ0v) is 12.1. The van der Waals surface area contributed by atoms with Crippen LogP contribution in [0.5, 0.6) is 0 Å². The monoisotopic (exact) mass is 299 g/mol. The molecule has 112 valence electrons. The van der Waals surface area contributed by atoms with Gasteiger partial charge in [-0.3, -0.25) is 0 Å². The number of ether oxygens (including phenoxy) is 1. The van der Waals surface area contributed by atoms with Crippen LogP contribution in [0.15, 0.2) is 36.8 Å². The lowest BCUT2D eigenvalue weighted by molar-refractivity contribution is 0.0597. The van der Waals surface area contributed by atoms with Gasteiger partial charge in [0.15, 0.2) is 5.69 Å². The van der Waals surface area contributed by atoms with E-state index in [1.165, 1.54) is 19.5 Å². The second-order valence-corrected chi connectivity index (χ2v) is 4.93. The Kier molecular flexibility index (Phi) is 3.29. The molecule has 0 aliphatic rings. The molecular weight excluding hydrogens is 285 g/mol. The quantitative estimate of drug-likeness (QED) is 0.583. The summed E-state index contributed by atoms with van der Waals surface area (Å²) in [5, 5.41) is 0. The largest absolute Gasteiger partial charge is 0.464 e. The third-order valence-electron chi connectivity index (χ3n) is 3.65. The van der Waals surface area contributed by atoms with Gasteiger partial charge in [-0.2, -0.15) is 0 Å². The van der Waals surface area contributed by atoms with Crippen LogP contribution in [0.3, 0.4) is 0 Å². The van der Waals surface area contributed by atoms with Crippen LogP contribution in [0, 0.1) is 12.7 Å². The number of esters is 1. The molecule has 0 radical (unpaired) electrons. The van der Waals surface area contributed by atoms with Gasteiger partial charge in [-0.15, -0.1) is 0 Å². The van der Waals surface area contributed by atoms with Crippen LogP contribution < -0.4 is 5.73 Å². The minimum Gasteiger partial charge on any atom is -0.464 e. The third kappa shape index (κ3) is 2.09. The van der Waals surface area contributed by atoms with E-state index in [2.05, 4.69) is 9.72 Å². The van der Waals surface area contributed by atoms with Crippen LogP contribution in [-0.2, 0) is 4.74 Å². The molecule has 2 heterocycles. The number of aromatic nitrogens is 2. The number of pyridine rings is 1. The summed E-state index contributed by atoms with van der Waals surface area (Å²) in [4.78, 5) is 15.7. The fraction of sp³-hybridized carbons (Fsp3) is 0.125. The van der Waals surface area contributed by atoms with Crippen molar-refractivity contribution >= 4 is 17.2 Å². The highest BCUT2D eigenvalue weighted by molar-refractivity contribution is 5.95. The van der Waals surface area contributed by atoms with Crippen molar-refractivity contribution in [3.63, 3.8) is 0 Å². The number of nitrogens with two attached hydrogens (primary N) is 1. The van der Waals surface area contributed by atoms with Crippen molar-refractivity contribution in [1.82, 2.24) is 9.38 Å². The number of benzene rings is 1. The molecule has 0 saturated carbocycles. The number of hydrogen-bond acceptors (Lipinski definition) is 4. The first kappa shape index (κ1) is 14.1. The van der Waals surface area contributed by atoms with Crippen LogP contribution >= 0.6 is 0 Å². The third-order valence-corrected chi connectivity index (χ3v) is 3.65. The molecule has 0 amide bonds. The van der Waals surface area contributed by atoms with Crippen molar-refractivity contribution in [3.05, 3.63) is 53.9 Å². The number of carbonyl (C=O) groups excluding carboxylic acids is 1. The fourth-order valence-corrected chi connectivity index (χ4v) is 2.45. The molecule has 3 aromatic rings. The van der Waals surface area contributed by atoms with Crippen molar-refractivity contribution in [2.45, 2.75) is 6.92 Å². The Morgan fingerprint density at radius 3 is 2.82 bits per heavy atom. The topological polar surface area (TPSA) is 69.6 Å². The van der Waals surface area contributed by atoms with E-state index in [9.17, 15) is 9.18 Å². The first-order valence-electron chi connectivity index (χ1n) is 6.63. The van der Waals surface area contributed by atoms with Gasteiger partial charge in [0, 0.05) is 23.0 Å². The minimum atomic E-state index is -0.512. The molecule has 0 aliphatic carbocycles. The Labute approximate surface area is 126 Å². The number of nitrogens with zero attached hydrogens (tertiary/aromatic N) is 2. The molecule has 0 atom stereocenters. The van der Waals surface area contributed by atoms with Crippen molar-refractivity contribution in [2.24, 2.45) is 0 Å². The smallest absolute Gasteiger partial charge is 0.358 e. The molecule has 6 heteroatoms. The second-order valence-electron chi connectivity index (χ2n) is 4.93. The zero-order valence-electron chi connectivity index (χ0n) is 12.1. The van der Waals surface area contributed by atoms with Gasteiger partial charge in [-0.05, 0) is 30.7 Å². The highest BCUT2D eigenvalue weighted by Crippen LogP contribution is 2.30. The molecule has 5 nitrogen and oxygen atoms in total. The number of fused-ring (bicyclic) bond motifs is 1. The maximum atomic E-state index is 14.1. The predicted molar refractivity (Wildman–Crippen MR) is 81.1 cm³/mol. The molecular formula is C16H14FN3O2. The second kappa shape index (κ2) is 5.14. The first-order valence-corrected chi connectivity index (χ1v) is 6.63. The van der Waals surface area contributed by atoms with Crippen LogP contribution in [0.2, 0.25) is 0 Å². The molecule has 3 rings (SSSR count). The summed E-state index contributed by atoms with van der Waals surface area (Å²) in [7, 11) is 1.30. The van der Waals surface area contributed by atoms with E-state index < -0.39 is 5.97 Å². The van der Waals surface area contributed by atoms with Crippen molar-refractivity contribution < 1.29 is 13.9 Å². The normalized spacial score (nSPS) is 10.9. The highest BCUT2D eigenvalue weighted by Gasteiger charge is 2.16. The average Bonchev–Trinajstić information content (AvgIpc) is 2.94. The zero-order chi connectivity index (χ0) is 15.9. The fourth-order valence-electron chi connectivity index (χ4n) is 2.45. The minimum absolute atomic E-state index is 0.221. The van der Waals surface area contributed by atoms with Crippen LogP contribution in [0.1, 0.15) is 16.1 Å². The molecule has 0 fully saturated rings. The number of imidazole rings is 1. The van der Waals surface area contributed by atoms with Gasteiger partial charge in [0.05, 0.1) is 12.6 Å². The Morgan fingerprint density at radius 2 is 2.09 bits per heavy atom. The van der Waals surface area contributed by atoms with E-state index in [0.29, 0.717) is 27.9 Å². The number of nitrogen functional groups attached to an aromatic ring is 1. The number of halogens is 1. The number of rotatable bonds is 2. The van der Waals surface area contributed by atoms with E-state index in [1.807, 2.05) is 0 Å². The number of methoxy groups -OCH3 is 1. The maximum Gasteiger partial charge on any atom is 0.358 e. The Hall–Kier alpha value is -2.89. The highest BCUT2D eigenvalue weighted by atomic mass is 19.1. The lowest BCUT2D eigenvalue weighted by atomic mass is 10.00. The standard InChI is InChI=1S/C16H14FN3O2/c1-9-12(18)5-4-11(17)14(9)10-3-6-13-15(16(21)22-2)19-8-20(13)7-10/h3-8H,18H2,1-2H3. The van der Waals surface area contributed by atoms with E-state index in [-0.39, 0.29) is 11.5 Å². The lowest BCUT2D eigenvalue weighted by Gasteiger charge is -2.10. The van der Waals surface area contributed by atoms with Crippen molar-refractivity contribution in [2.75, 3.05) is 12.8 Å². The van der Waals surface area contributed by atoms with Gasteiger partial charge in [0.2, 0.25) is 0 Å². The van der Waals surface area contributed by atoms with Crippen LogP contribution in [0.25, 0.3) is 16.6 Å². The molecule has 0 spiro atoms. The SMILES string of the molecule is COC(=O)c1ncn2cc(-c3c(F)ccc(N)c3C)ccc12. The molecule has 2 N–H and O–H groups in total. The summed E-state index contributed by atoms with van der Waals surface area (Å²) in [6.45, 7) is 1.77. The lowest BCUT2D eigenvalue weighted by Crippen LogP contribution is -2.02. The molecule has 0 bridgehead atoms. The van der Waals surface area contributed by atoms with E-state index >= 15 is 0 Å². The van der Waals surface area contributed by atoms with Crippen molar-refractivity contribution in [3.8, 4) is 11.1 Å². The Bertz CT molecular complexity index is 886. The molecule has 0 unspecified atom stereocenters. The van der Waals surface area contributed by atoms with Crippen LogP contribution in [0.4, 0.5) is 10.1 Å². The summed E-state index contributed by atoms with van der Waals surface area (Å²) in [6.07, 6.45) is 3.20. The number of anilines is 1. The van der Waals surface area contributed by atoms with E-state index in [1.54, 1.807) is 35.7 Å². The molecule has 22 heavy (non-hydrogen) atoms. The summed E-state index contributed by atoms with van der Waals surface area (Å²) in [6, 6.07) is 6.32. The summed E-state index contributed by atoms with van der Waals surface area (Å²) >= 11 is 0. The first-order chi connectivity index (χ1) is 10.5. The van der Waals surface area contributed by atoms with Gasteiger partial charge < -0.3 is 14.9 Å². The molecule has 0 saturated heterocycles. The van der Waals surface area contributed by atoms with E-state index in [0.717, 1.165) is 0 Å². The van der Waals surface area contributed by atoms with Crippen LogP contribution in [-0.4, -0.2) is 22.5 Å². The van der Waals surface area contributed by atoms with Gasteiger partial charge in [-0.25, -0.2) is 14.2 Å². The Balaban J connectivity index is 2.19. The molecule has 0 aliphatic heterocycles. The van der Waals surface area contributed by atoms with Gasteiger partial charge >= 0.3 is 5.97 Å². The summed E-state index contributed by atoms with van der Waals surface area (Å²) < 4.78 is 20.5. The average molecular weight is 299 g/mol. The molecule has 2 aromatic heterocycles. The summed E-state index contributed by atoms with van der Waals surface area (Å²) in [5.41, 5.74) is 8.97.